The van der Waals surface area contributed by atoms with Crippen LogP contribution in [0.2, 0.25) is 0 Å². The summed E-state index contributed by atoms with van der Waals surface area (Å²) in [6.45, 7) is 1.02. The quantitative estimate of drug-likeness (QED) is 0.755. The van der Waals surface area contributed by atoms with Crippen LogP contribution < -0.4 is 5.32 Å². The number of hydrogen-bond donors (Lipinski definition) is 1. The minimum atomic E-state index is -4.40. The minimum Gasteiger partial charge on any atom is -0.304 e. The number of nitrogens with one attached hydrogen (secondary N) is 1. The molecule has 1 atom stereocenters. The fourth-order valence-electron chi connectivity index (χ4n) is 1.38. The molecular formula is C7H13F3N2O2S. The molecule has 1 heterocycles. The molecule has 1 aliphatic heterocycles. The predicted molar refractivity (Wildman–Crippen MR) is 48.9 cm³/mol. The summed E-state index contributed by atoms with van der Waals surface area (Å²) in [5.41, 5.74) is 0. The number of sulfonamides is 1. The van der Waals surface area contributed by atoms with Crippen LogP contribution in [0.25, 0.3) is 0 Å². The van der Waals surface area contributed by atoms with Gasteiger partial charge in [0.05, 0.1) is 5.75 Å². The molecule has 0 bridgehead atoms. The summed E-state index contributed by atoms with van der Waals surface area (Å²) in [7, 11) is -3.52. The number of alkyl halides is 3. The SMILES string of the molecule is CCS(=O)(=O)N1CCNC(C(F)(F)F)C1. The Morgan fingerprint density at radius 2 is 2.07 bits per heavy atom. The van der Waals surface area contributed by atoms with E-state index in [4.69, 9.17) is 0 Å². The van der Waals surface area contributed by atoms with Crippen LogP contribution in [0.5, 0.6) is 0 Å². The summed E-state index contributed by atoms with van der Waals surface area (Å²) in [4.78, 5) is 0. The maximum absolute atomic E-state index is 12.3. The Balaban J connectivity index is 2.73. The van der Waals surface area contributed by atoms with Crippen LogP contribution in [0, 0.1) is 0 Å². The Kier molecular flexibility index (Phi) is 3.62. The van der Waals surface area contributed by atoms with Crippen molar-refractivity contribution < 1.29 is 21.6 Å². The van der Waals surface area contributed by atoms with E-state index in [1.165, 1.54) is 6.92 Å². The smallest absolute Gasteiger partial charge is 0.304 e. The summed E-state index contributed by atoms with van der Waals surface area (Å²) >= 11 is 0. The first-order valence-electron chi connectivity index (χ1n) is 4.55. The van der Waals surface area contributed by atoms with Gasteiger partial charge in [-0.15, -0.1) is 0 Å². The van der Waals surface area contributed by atoms with E-state index in [2.05, 4.69) is 5.32 Å². The van der Waals surface area contributed by atoms with Crippen molar-refractivity contribution in [1.29, 1.82) is 0 Å². The third kappa shape index (κ3) is 3.05. The Bertz CT molecular complexity index is 315. The van der Waals surface area contributed by atoms with E-state index >= 15 is 0 Å². The molecule has 0 aromatic heterocycles. The first-order chi connectivity index (χ1) is 6.77. The van der Waals surface area contributed by atoms with Crippen LogP contribution in [0.4, 0.5) is 13.2 Å². The summed E-state index contributed by atoms with van der Waals surface area (Å²) in [6, 6.07) is -1.76. The molecule has 15 heavy (non-hydrogen) atoms. The van der Waals surface area contributed by atoms with Crippen molar-refractivity contribution in [2.45, 2.75) is 19.1 Å². The molecule has 0 radical (unpaired) electrons. The standard InChI is InChI=1S/C7H13F3N2O2S/c1-2-15(13,14)12-4-3-11-6(5-12)7(8,9)10/h6,11H,2-5H2,1H3. The molecule has 90 valence electrons. The Morgan fingerprint density at radius 3 is 2.53 bits per heavy atom. The van der Waals surface area contributed by atoms with Crippen molar-refractivity contribution in [3.05, 3.63) is 0 Å². The Morgan fingerprint density at radius 1 is 1.47 bits per heavy atom. The van der Waals surface area contributed by atoms with Gasteiger partial charge in [0.1, 0.15) is 6.04 Å². The normalized spacial score (nSPS) is 25.5. The van der Waals surface area contributed by atoms with Crippen molar-refractivity contribution in [3.8, 4) is 0 Å². The molecule has 1 unspecified atom stereocenters. The molecule has 4 nitrogen and oxygen atoms in total. The van der Waals surface area contributed by atoms with Crippen molar-refractivity contribution >= 4 is 10.0 Å². The van der Waals surface area contributed by atoms with E-state index in [0.717, 1.165) is 4.31 Å². The van der Waals surface area contributed by atoms with Crippen molar-refractivity contribution in [3.63, 3.8) is 0 Å². The molecule has 0 saturated carbocycles. The molecule has 8 heteroatoms. The largest absolute Gasteiger partial charge is 0.405 e. The highest BCUT2D eigenvalue weighted by Crippen LogP contribution is 2.23. The van der Waals surface area contributed by atoms with Crippen LogP contribution in [0.3, 0.4) is 0 Å². The van der Waals surface area contributed by atoms with Gasteiger partial charge in [0.15, 0.2) is 0 Å². The zero-order valence-electron chi connectivity index (χ0n) is 8.21. The third-order valence-electron chi connectivity index (χ3n) is 2.29. The third-order valence-corrected chi connectivity index (χ3v) is 4.14. The summed E-state index contributed by atoms with van der Waals surface area (Å²) in [5.74, 6) is -0.169. The van der Waals surface area contributed by atoms with E-state index in [9.17, 15) is 21.6 Å². The van der Waals surface area contributed by atoms with Gasteiger partial charge in [-0.2, -0.15) is 17.5 Å². The Labute approximate surface area is 86.5 Å². The maximum atomic E-state index is 12.3. The number of piperazine rings is 1. The monoisotopic (exact) mass is 246 g/mol. The average molecular weight is 246 g/mol. The fraction of sp³-hybridized carbons (Fsp3) is 1.00. The van der Waals surface area contributed by atoms with Crippen molar-refractivity contribution in [2.75, 3.05) is 25.4 Å². The molecule has 1 aliphatic rings. The molecule has 0 amide bonds. The minimum absolute atomic E-state index is 0.0312. The molecule has 0 spiro atoms. The summed E-state index contributed by atoms with van der Waals surface area (Å²) in [5, 5.41) is 2.25. The first kappa shape index (κ1) is 12.7. The lowest BCUT2D eigenvalue weighted by Crippen LogP contribution is -2.58. The second-order valence-electron chi connectivity index (χ2n) is 3.31. The van der Waals surface area contributed by atoms with Crippen molar-refractivity contribution in [1.82, 2.24) is 9.62 Å². The first-order valence-corrected chi connectivity index (χ1v) is 6.16. The van der Waals surface area contributed by atoms with Crippen LogP contribution in [0.1, 0.15) is 6.92 Å². The maximum Gasteiger partial charge on any atom is 0.405 e. The molecule has 0 aromatic rings. The van der Waals surface area contributed by atoms with Gasteiger partial charge in [-0.25, -0.2) is 8.42 Å². The zero-order valence-corrected chi connectivity index (χ0v) is 9.03. The lowest BCUT2D eigenvalue weighted by Gasteiger charge is -2.33. The van der Waals surface area contributed by atoms with E-state index in [1.807, 2.05) is 0 Å². The second-order valence-corrected chi connectivity index (χ2v) is 5.56. The van der Waals surface area contributed by atoms with Gasteiger partial charge in [0.2, 0.25) is 10.0 Å². The van der Waals surface area contributed by atoms with Crippen LogP contribution >= 0.6 is 0 Å². The molecule has 0 aliphatic carbocycles. The molecule has 1 saturated heterocycles. The number of nitrogens with zero attached hydrogens (tertiary/aromatic N) is 1. The number of hydrogen-bond acceptors (Lipinski definition) is 3. The number of halogens is 3. The van der Waals surface area contributed by atoms with E-state index < -0.39 is 28.8 Å². The lowest BCUT2D eigenvalue weighted by atomic mass is 10.2. The Hall–Kier alpha value is -0.340. The molecular weight excluding hydrogens is 233 g/mol. The highest BCUT2D eigenvalue weighted by Gasteiger charge is 2.43. The van der Waals surface area contributed by atoms with Gasteiger partial charge in [-0.1, -0.05) is 0 Å². The summed E-state index contributed by atoms with van der Waals surface area (Å²) < 4.78 is 60.6. The van der Waals surface area contributed by atoms with Crippen LogP contribution in [-0.4, -0.2) is 50.3 Å². The van der Waals surface area contributed by atoms with Gasteiger partial charge in [-0.05, 0) is 6.92 Å². The van der Waals surface area contributed by atoms with Crippen LogP contribution in [-0.2, 0) is 10.0 Å². The van der Waals surface area contributed by atoms with E-state index in [-0.39, 0.29) is 18.8 Å². The second kappa shape index (κ2) is 4.26. The summed E-state index contributed by atoms with van der Waals surface area (Å²) in [6.07, 6.45) is -4.40. The van der Waals surface area contributed by atoms with Crippen molar-refractivity contribution in [2.24, 2.45) is 0 Å². The predicted octanol–water partition coefficient (Wildman–Crippen LogP) is 0.172. The highest BCUT2D eigenvalue weighted by atomic mass is 32.2. The van der Waals surface area contributed by atoms with Gasteiger partial charge in [-0.3, -0.25) is 0 Å². The van der Waals surface area contributed by atoms with Crippen LogP contribution in [0.15, 0.2) is 0 Å². The molecule has 1 fully saturated rings. The molecule has 0 aromatic carbocycles. The van der Waals surface area contributed by atoms with Gasteiger partial charge in [0.25, 0.3) is 0 Å². The average Bonchev–Trinajstić information content (AvgIpc) is 2.17. The highest BCUT2D eigenvalue weighted by molar-refractivity contribution is 7.89. The fourth-order valence-corrected chi connectivity index (χ4v) is 2.49. The number of rotatable bonds is 2. The van der Waals surface area contributed by atoms with Gasteiger partial charge in [0, 0.05) is 19.6 Å². The molecule has 1 N–H and O–H groups in total. The van der Waals surface area contributed by atoms with Gasteiger partial charge >= 0.3 is 6.18 Å². The molecule has 1 rings (SSSR count). The zero-order chi connectivity index (χ0) is 11.7. The van der Waals surface area contributed by atoms with Gasteiger partial charge < -0.3 is 5.32 Å². The lowest BCUT2D eigenvalue weighted by molar-refractivity contribution is -0.160. The topological polar surface area (TPSA) is 49.4 Å². The van der Waals surface area contributed by atoms with E-state index in [1.54, 1.807) is 0 Å². The van der Waals surface area contributed by atoms with E-state index in [0.29, 0.717) is 0 Å².